The van der Waals surface area contributed by atoms with Crippen LogP contribution in [0.3, 0.4) is 0 Å². The number of hydrogen-bond acceptors (Lipinski definition) is 4. The predicted octanol–water partition coefficient (Wildman–Crippen LogP) is 2.02. The van der Waals surface area contributed by atoms with E-state index in [-0.39, 0.29) is 17.9 Å². The Balaban J connectivity index is 2.16. The Bertz CT molecular complexity index is 555. The Hall–Kier alpha value is -2.05. The molecule has 2 rings (SSSR count). The van der Waals surface area contributed by atoms with Crippen molar-refractivity contribution in [3.8, 4) is 0 Å². The van der Waals surface area contributed by atoms with Gasteiger partial charge in [-0.2, -0.15) is 0 Å². The molecule has 128 valence electrons. The van der Waals surface area contributed by atoms with E-state index in [0.29, 0.717) is 6.54 Å². The summed E-state index contributed by atoms with van der Waals surface area (Å²) in [6.45, 7) is 6.55. The largest absolute Gasteiger partial charge is 0.453 e. The normalized spacial score (nSPS) is 19.0. The minimum atomic E-state index is -0.594. The molecule has 7 heteroatoms. The van der Waals surface area contributed by atoms with E-state index in [2.05, 4.69) is 26.9 Å². The summed E-state index contributed by atoms with van der Waals surface area (Å²) in [5.74, 6) is 0.723. The van der Waals surface area contributed by atoms with Crippen molar-refractivity contribution in [1.29, 1.82) is 0 Å². The van der Waals surface area contributed by atoms with E-state index in [1.807, 2.05) is 24.9 Å². The molecule has 23 heavy (non-hydrogen) atoms. The van der Waals surface area contributed by atoms with Crippen molar-refractivity contribution in [3.63, 3.8) is 0 Å². The molecule has 2 N–H and O–H groups in total. The number of aromatic amines is 1. The highest BCUT2D eigenvalue weighted by molar-refractivity contribution is 5.86. The number of imidazole rings is 1. The van der Waals surface area contributed by atoms with Gasteiger partial charge in [0.1, 0.15) is 11.9 Å². The maximum absolute atomic E-state index is 12.9. The van der Waals surface area contributed by atoms with Crippen LogP contribution in [0.25, 0.3) is 0 Å². The average molecular weight is 322 g/mol. The summed E-state index contributed by atoms with van der Waals surface area (Å²) >= 11 is 0. The molecule has 7 nitrogen and oxygen atoms in total. The Kier molecular flexibility index (Phi) is 5.63. The number of aryl methyl sites for hydroxylation is 1. The van der Waals surface area contributed by atoms with Crippen LogP contribution in [-0.4, -0.2) is 46.6 Å². The van der Waals surface area contributed by atoms with Crippen molar-refractivity contribution < 1.29 is 14.3 Å². The molecule has 2 amide bonds. The van der Waals surface area contributed by atoms with Gasteiger partial charge in [0.25, 0.3) is 0 Å². The van der Waals surface area contributed by atoms with Crippen LogP contribution in [0.1, 0.15) is 51.2 Å². The number of methoxy groups -OCH3 is 1. The number of likely N-dealkylation sites (tertiary alicyclic amines) is 1. The molecule has 0 spiro atoms. The molecule has 0 aromatic carbocycles. The molecule has 1 aromatic heterocycles. The molecular weight excluding hydrogens is 296 g/mol. The van der Waals surface area contributed by atoms with Gasteiger partial charge in [-0.05, 0) is 25.2 Å². The number of ether oxygens (including phenoxy) is 1. The van der Waals surface area contributed by atoms with Crippen LogP contribution in [0.15, 0.2) is 6.20 Å². The molecule has 1 saturated heterocycles. The lowest BCUT2D eigenvalue weighted by Gasteiger charge is -2.30. The highest BCUT2D eigenvalue weighted by Crippen LogP contribution is 2.31. The van der Waals surface area contributed by atoms with Crippen LogP contribution in [0.4, 0.5) is 4.79 Å². The van der Waals surface area contributed by atoms with Gasteiger partial charge in [-0.25, -0.2) is 9.78 Å². The number of rotatable bonds is 5. The first kappa shape index (κ1) is 17.3. The maximum atomic E-state index is 12.9. The molecule has 0 unspecified atom stereocenters. The first-order valence-corrected chi connectivity index (χ1v) is 8.16. The molecule has 0 saturated carbocycles. The molecule has 2 heterocycles. The summed E-state index contributed by atoms with van der Waals surface area (Å²) in [7, 11) is 1.30. The van der Waals surface area contributed by atoms with Crippen molar-refractivity contribution in [3.05, 3.63) is 17.7 Å². The number of nitrogens with zero attached hydrogens (tertiary/aromatic N) is 2. The van der Waals surface area contributed by atoms with E-state index in [4.69, 9.17) is 0 Å². The molecule has 0 radical (unpaired) electrons. The molecule has 2 atom stereocenters. The lowest BCUT2D eigenvalue weighted by Crippen LogP contribution is -2.51. The molecular formula is C16H26N4O3. The Morgan fingerprint density at radius 2 is 2.26 bits per heavy atom. The average Bonchev–Trinajstić information content (AvgIpc) is 3.19. The summed E-state index contributed by atoms with van der Waals surface area (Å²) in [5.41, 5.74) is 1.06. The van der Waals surface area contributed by atoms with E-state index in [0.717, 1.165) is 30.8 Å². The SMILES string of the molecule is CCc1cnc([C@@H]2CCCN2C(=O)[C@@H](NC(=O)OC)C(C)C)[nH]1. The fourth-order valence-corrected chi connectivity index (χ4v) is 2.92. The van der Waals surface area contributed by atoms with Crippen LogP contribution in [-0.2, 0) is 16.0 Å². The van der Waals surface area contributed by atoms with Crippen LogP contribution >= 0.6 is 0 Å². The van der Waals surface area contributed by atoms with Gasteiger partial charge in [0.05, 0.1) is 13.2 Å². The molecule has 0 bridgehead atoms. The fourth-order valence-electron chi connectivity index (χ4n) is 2.92. The van der Waals surface area contributed by atoms with Gasteiger partial charge in [-0.1, -0.05) is 20.8 Å². The monoisotopic (exact) mass is 322 g/mol. The van der Waals surface area contributed by atoms with Crippen molar-refractivity contribution >= 4 is 12.0 Å². The van der Waals surface area contributed by atoms with Gasteiger partial charge in [0, 0.05) is 18.4 Å². The highest BCUT2D eigenvalue weighted by Gasteiger charge is 2.37. The van der Waals surface area contributed by atoms with Gasteiger partial charge >= 0.3 is 6.09 Å². The Morgan fingerprint density at radius 1 is 1.52 bits per heavy atom. The van der Waals surface area contributed by atoms with Gasteiger partial charge < -0.3 is 19.9 Å². The third-order valence-electron chi connectivity index (χ3n) is 4.27. The molecule has 1 aliphatic rings. The number of carbonyl (C=O) groups is 2. The van der Waals surface area contributed by atoms with Crippen LogP contribution in [0.2, 0.25) is 0 Å². The minimum absolute atomic E-state index is 0.0225. The van der Waals surface area contributed by atoms with Crippen LogP contribution in [0, 0.1) is 5.92 Å². The lowest BCUT2D eigenvalue weighted by molar-refractivity contribution is -0.135. The summed E-state index contributed by atoms with van der Waals surface area (Å²) in [4.78, 5) is 34.0. The van der Waals surface area contributed by atoms with Gasteiger partial charge in [-0.15, -0.1) is 0 Å². The van der Waals surface area contributed by atoms with Crippen LogP contribution in [0.5, 0.6) is 0 Å². The van der Waals surface area contributed by atoms with E-state index in [1.54, 1.807) is 0 Å². The van der Waals surface area contributed by atoms with Gasteiger partial charge in [0.15, 0.2) is 0 Å². The first-order valence-electron chi connectivity index (χ1n) is 8.16. The second kappa shape index (κ2) is 7.48. The first-order chi connectivity index (χ1) is 11.0. The smallest absolute Gasteiger partial charge is 0.407 e. The number of hydrogen-bond donors (Lipinski definition) is 2. The van der Waals surface area contributed by atoms with Crippen LogP contribution < -0.4 is 5.32 Å². The number of amides is 2. The fraction of sp³-hybridized carbons (Fsp3) is 0.688. The number of H-pyrrole nitrogens is 1. The zero-order valence-electron chi connectivity index (χ0n) is 14.3. The van der Waals surface area contributed by atoms with E-state index in [9.17, 15) is 9.59 Å². The predicted molar refractivity (Wildman–Crippen MR) is 85.8 cm³/mol. The van der Waals surface area contributed by atoms with E-state index >= 15 is 0 Å². The molecule has 1 aromatic rings. The molecule has 1 fully saturated rings. The topological polar surface area (TPSA) is 87.3 Å². The van der Waals surface area contributed by atoms with Crippen molar-refractivity contribution in [2.24, 2.45) is 5.92 Å². The highest BCUT2D eigenvalue weighted by atomic mass is 16.5. The van der Waals surface area contributed by atoms with E-state index in [1.165, 1.54) is 7.11 Å². The number of nitrogens with one attached hydrogen (secondary N) is 2. The summed E-state index contributed by atoms with van der Waals surface area (Å²) < 4.78 is 4.63. The number of alkyl carbamates (subject to hydrolysis) is 1. The quantitative estimate of drug-likeness (QED) is 0.868. The second-order valence-electron chi connectivity index (χ2n) is 6.19. The summed E-state index contributed by atoms with van der Waals surface area (Å²) in [6, 6.07) is -0.646. The molecule has 1 aliphatic heterocycles. The number of aromatic nitrogens is 2. The third kappa shape index (κ3) is 3.83. The third-order valence-corrected chi connectivity index (χ3v) is 4.27. The second-order valence-corrected chi connectivity index (χ2v) is 6.19. The molecule has 0 aliphatic carbocycles. The zero-order chi connectivity index (χ0) is 17.0. The van der Waals surface area contributed by atoms with Crippen molar-refractivity contribution in [2.75, 3.05) is 13.7 Å². The number of carbonyl (C=O) groups excluding carboxylic acids is 2. The zero-order valence-corrected chi connectivity index (χ0v) is 14.3. The Morgan fingerprint density at radius 3 is 2.83 bits per heavy atom. The van der Waals surface area contributed by atoms with Crippen molar-refractivity contribution in [1.82, 2.24) is 20.2 Å². The van der Waals surface area contributed by atoms with Gasteiger partial charge in [0.2, 0.25) is 5.91 Å². The van der Waals surface area contributed by atoms with Gasteiger partial charge in [-0.3, -0.25) is 4.79 Å². The Labute approximate surface area is 136 Å². The minimum Gasteiger partial charge on any atom is -0.453 e. The summed E-state index contributed by atoms with van der Waals surface area (Å²) in [6.07, 6.45) is 3.93. The summed E-state index contributed by atoms with van der Waals surface area (Å²) in [5, 5.41) is 2.65. The van der Waals surface area contributed by atoms with E-state index < -0.39 is 12.1 Å². The van der Waals surface area contributed by atoms with Crippen molar-refractivity contribution in [2.45, 2.75) is 52.1 Å². The maximum Gasteiger partial charge on any atom is 0.407 e. The standard InChI is InChI=1S/C16H26N4O3/c1-5-11-9-17-14(18-11)12-7-6-8-20(12)15(21)13(10(2)3)19-16(22)23-4/h9-10,12-13H,5-8H2,1-4H3,(H,17,18)(H,19,22)/t12-,13-/m0/s1. The lowest BCUT2D eigenvalue weighted by atomic mass is 10.0.